The number of thiocarbonyl (C=S) groups is 1. The number of likely N-dealkylation sites (tertiary alicyclic amines) is 1. The van der Waals surface area contributed by atoms with Crippen molar-refractivity contribution in [3.63, 3.8) is 0 Å². The van der Waals surface area contributed by atoms with E-state index in [1.54, 1.807) is 0 Å². The summed E-state index contributed by atoms with van der Waals surface area (Å²) in [5.74, 6) is 0.0972. The minimum Gasteiger partial charge on any atom is -0.392 e. The van der Waals surface area contributed by atoms with Crippen LogP contribution in [0.1, 0.15) is 46.5 Å². The number of carbonyl (C=O) groups is 1. The lowest BCUT2D eigenvalue weighted by Crippen LogP contribution is -2.52. The smallest absolute Gasteiger partial charge is 0.235 e. The van der Waals surface area contributed by atoms with Gasteiger partial charge < -0.3 is 15.4 Å². The van der Waals surface area contributed by atoms with Crippen LogP contribution in [0.4, 0.5) is 0 Å². The molecule has 4 nitrogen and oxygen atoms in total. The Balaban J connectivity index is 2.70. The third-order valence-electron chi connectivity index (χ3n) is 4.22. The molecule has 1 fully saturated rings. The zero-order valence-corrected chi connectivity index (χ0v) is 13.1. The van der Waals surface area contributed by atoms with Crippen LogP contribution in [0.5, 0.6) is 0 Å². The van der Waals surface area contributed by atoms with Crippen molar-refractivity contribution in [1.82, 2.24) is 4.90 Å². The molecule has 2 N–H and O–H groups in total. The van der Waals surface area contributed by atoms with Gasteiger partial charge in [0.2, 0.25) is 5.91 Å². The molecule has 0 unspecified atom stereocenters. The lowest BCUT2D eigenvalue weighted by Gasteiger charge is -2.38. The van der Waals surface area contributed by atoms with Gasteiger partial charge in [0, 0.05) is 19.7 Å². The van der Waals surface area contributed by atoms with Crippen LogP contribution in [0.15, 0.2) is 0 Å². The molecule has 0 aromatic rings. The summed E-state index contributed by atoms with van der Waals surface area (Å²) in [4.78, 5) is 14.9. The van der Waals surface area contributed by atoms with Gasteiger partial charge in [-0.3, -0.25) is 4.79 Å². The molecule has 0 radical (unpaired) electrons. The molecule has 0 aromatic heterocycles. The van der Waals surface area contributed by atoms with Crippen molar-refractivity contribution in [2.24, 2.45) is 11.1 Å². The van der Waals surface area contributed by atoms with Crippen LogP contribution in [0.3, 0.4) is 0 Å². The van der Waals surface area contributed by atoms with Crippen LogP contribution in [0.2, 0.25) is 0 Å². The van der Waals surface area contributed by atoms with Gasteiger partial charge in [-0.05, 0) is 32.6 Å². The van der Waals surface area contributed by atoms with Gasteiger partial charge in [0.05, 0.1) is 16.5 Å². The monoisotopic (exact) mass is 286 g/mol. The summed E-state index contributed by atoms with van der Waals surface area (Å²) in [5.41, 5.74) is 5.18. The molecule has 1 rings (SSSR count). The molecule has 0 saturated carbocycles. The first-order chi connectivity index (χ1) is 9.01. The van der Waals surface area contributed by atoms with E-state index in [9.17, 15) is 4.79 Å². The molecule has 5 heteroatoms. The highest BCUT2D eigenvalue weighted by Gasteiger charge is 2.41. The molecule has 1 aliphatic rings. The molecule has 1 aliphatic heterocycles. The van der Waals surface area contributed by atoms with Crippen LogP contribution >= 0.6 is 12.2 Å². The van der Waals surface area contributed by atoms with Crippen LogP contribution in [-0.2, 0) is 9.53 Å². The van der Waals surface area contributed by atoms with Gasteiger partial charge in [0.1, 0.15) is 0 Å². The van der Waals surface area contributed by atoms with Crippen molar-refractivity contribution >= 4 is 23.1 Å². The van der Waals surface area contributed by atoms with E-state index in [1.807, 2.05) is 25.7 Å². The standard InChI is InChI=1S/C14H26N2O2S/c1-4-14(5-2,12(15)19)13(17)16-9-7-11(8-10-16)18-6-3/h11H,4-10H2,1-3H3,(H2,15,19). The third-order valence-corrected chi connectivity index (χ3v) is 4.61. The van der Waals surface area contributed by atoms with E-state index in [-0.39, 0.29) is 12.0 Å². The van der Waals surface area contributed by atoms with E-state index in [4.69, 9.17) is 22.7 Å². The number of nitrogens with zero attached hydrogens (tertiary/aromatic N) is 1. The average Bonchev–Trinajstić information content (AvgIpc) is 2.41. The summed E-state index contributed by atoms with van der Waals surface area (Å²) in [6.45, 7) is 8.19. The Morgan fingerprint density at radius 3 is 2.21 bits per heavy atom. The summed E-state index contributed by atoms with van der Waals surface area (Å²) in [6, 6.07) is 0. The van der Waals surface area contributed by atoms with Gasteiger partial charge in [-0.1, -0.05) is 26.1 Å². The van der Waals surface area contributed by atoms with Crippen molar-refractivity contribution in [3.05, 3.63) is 0 Å². The summed E-state index contributed by atoms with van der Waals surface area (Å²) >= 11 is 5.14. The van der Waals surface area contributed by atoms with E-state index in [0.717, 1.165) is 32.5 Å². The molecule has 1 heterocycles. The number of carbonyl (C=O) groups excluding carboxylic acids is 1. The maximum Gasteiger partial charge on any atom is 0.235 e. The molecule has 19 heavy (non-hydrogen) atoms. The van der Waals surface area contributed by atoms with Crippen molar-refractivity contribution in [1.29, 1.82) is 0 Å². The maximum absolute atomic E-state index is 12.7. The van der Waals surface area contributed by atoms with Gasteiger partial charge in [-0.25, -0.2) is 0 Å². The summed E-state index contributed by atoms with van der Waals surface area (Å²) in [5, 5.41) is 0. The Hall–Kier alpha value is -0.680. The first-order valence-corrected chi connectivity index (χ1v) is 7.63. The number of rotatable bonds is 6. The summed E-state index contributed by atoms with van der Waals surface area (Å²) < 4.78 is 5.61. The van der Waals surface area contributed by atoms with Gasteiger partial charge in [0.25, 0.3) is 0 Å². The maximum atomic E-state index is 12.7. The average molecular weight is 286 g/mol. The quantitative estimate of drug-likeness (QED) is 0.760. The summed E-state index contributed by atoms with van der Waals surface area (Å²) in [6.07, 6.45) is 3.43. The van der Waals surface area contributed by atoms with E-state index < -0.39 is 5.41 Å². The van der Waals surface area contributed by atoms with E-state index in [0.29, 0.717) is 17.8 Å². The minimum absolute atomic E-state index is 0.0972. The molecule has 0 aliphatic carbocycles. The number of piperidine rings is 1. The first-order valence-electron chi connectivity index (χ1n) is 7.22. The second kappa shape index (κ2) is 7.20. The highest BCUT2D eigenvalue weighted by Crippen LogP contribution is 2.31. The summed E-state index contributed by atoms with van der Waals surface area (Å²) in [7, 11) is 0. The zero-order valence-electron chi connectivity index (χ0n) is 12.3. The number of amides is 1. The topological polar surface area (TPSA) is 55.6 Å². The van der Waals surface area contributed by atoms with Crippen molar-refractivity contribution in [2.45, 2.75) is 52.6 Å². The normalized spacial score (nSPS) is 17.5. The Bertz CT molecular complexity index is 321. The predicted octanol–water partition coefficient (Wildman–Crippen LogP) is 2.11. The second-order valence-electron chi connectivity index (χ2n) is 5.10. The fourth-order valence-electron chi connectivity index (χ4n) is 2.77. The van der Waals surface area contributed by atoms with Crippen LogP contribution in [0, 0.1) is 5.41 Å². The number of ether oxygens (including phenoxy) is 1. The lowest BCUT2D eigenvalue weighted by molar-refractivity contribution is -0.141. The fraction of sp³-hybridized carbons (Fsp3) is 0.857. The largest absolute Gasteiger partial charge is 0.392 e. The molecule has 1 amide bonds. The Morgan fingerprint density at radius 1 is 1.32 bits per heavy atom. The molecule has 110 valence electrons. The Labute approximate surface area is 121 Å². The SMILES string of the molecule is CCOC1CCN(C(=O)C(CC)(CC)C(N)=S)CC1. The first kappa shape index (κ1) is 16.4. The number of hydrogen-bond acceptors (Lipinski definition) is 3. The van der Waals surface area contributed by atoms with Crippen molar-refractivity contribution in [3.8, 4) is 0 Å². The highest BCUT2D eigenvalue weighted by atomic mass is 32.1. The van der Waals surface area contributed by atoms with Crippen LogP contribution < -0.4 is 5.73 Å². The third kappa shape index (κ3) is 3.45. The van der Waals surface area contributed by atoms with Crippen molar-refractivity contribution < 1.29 is 9.53 Å². The van der Waals surface area contributed by atoms with Gasteiger partial charge >= 0.3 is 0 Å². The molecular weight excluding hydrogens is 260 g/mol. The molecule has 0 bridgehead atoms. The van der Waals surface area contributed by atoms with E-state index >= 15 is 0 Å². The second-order valence-corrected chi connectivity index (χ2v) is 5.54. The lowest BCUT2D eigenvalue weighted by atomic mass is 9.80. The van der Waals surface area contributed by atoms with Crippen LogP contribution in [-0.4, -0.2) is 41.6 Å². The van der Waals surface area contributed by atoms with Gasteiger partial charge in [0.15, 0.2) is 0 Å². The number of nitrogens with two attached hydrogens (primary N) is 1. The highest BCUT2D eigenvalue weighted by molar-refractivity contribution is 7.80. The minimum atomic E-state index is -0.659. The fourth-order valence-corrected chi connectivity index (χ4v) is 3.15. The molecule has 0 atom stereocenters. The zero-order chi connectivity index (χ0) is 14.5. The Morgan fingerprint density at radius 2 is 1.84 bits per heavy atom. The molecule has 1 saturated heterocycles. The predicted molar refractivity (Wildman–Crippen MR) is 81.0 cm³/mol. The van der Waals surface area contributed by atoms with E-state index in [1.165, 1.54) is 0 Å². The molecule has 0 aromatic carbocycles. The van der Waals surface area contributed by atoms with E-state index in [2.05, 4.69) is 0 Å². The van der Waals surface area contributed by atoms with Gasteiger partial charge in [-0.2, -0.15) is 0 Å². The molecular formula is C14H26N2O2S. The van der Waals surface area contributed by atoms with Crippen LogP contribution in [0.25, 0.3) is 0 Å². The Kier molecular flexibility index (Phi) is 6.20. The van der Waals surface area contributed by atoms with Gasteiger partial charge in [-0.15, -0.1) is 0 Å². The number of hydrogen-bond donors (Lipinski definition) is 1. The van der Waals surface area contributed by atoms with Crippen molar-refractivity contribution in [2.75, 3.05) is 19.7 Å². The molecule has 0 spiro atoms.